The van der Waals surface area contributed by atoms with Crippen LogP contribution in [0.3, 0.4) is 0 Å². The maximum atomic E-state index is 11.8. The number of carboxylic acids is 1. The van der Waals surface area contributed by atoms with Crippen molar-refractivity contribution in [3.63, 3.8) is 0 Å². The summed E-state index contributed by atoms with van der Waals surface area (Å²) < 4.78 is 9.79. The Hall–Kier alpha value is -1.82. The molecule has 0 saturated heterocycles. The third kappa shape index (κ3) is 3.60. The molecular formula is C11H15NO5. The number of carbonyl (C=O) groups excluding carboxylic acids is 1. The topological polar surface area (TPSA) is 80.0 Å². The van der Waals surface area contributed by atoms with Crippen LogP contribution in [0.15, 0.2) is 16.5 Å². The van der Waals surface area contributed by atoms with Crippen molar-refractivity contribution in [1.82, 2.24) is 4.90 Å². The number of nitrogens with zero attached hydrogens (tertiary/aromatic N) is 1. The van der Waals surface area contributed by atoms with Gasteiger partial charge in [0.2, 0.25) is 5.76 Å². The van der Waals surface area contributed by atoms with Crippen molar-refractivity contribution in [3.05, 3.63) is 23.7 Å². The van der Waals surface area contributed by atoms with Gasteiger partial charge in [-0.05, 0) is 18.6 Å². The van der Waals surface area contributed by atoms with Crippen molar-refractivity contribution >= 4 is 11.9 Å². The Balaban J connectivity index is 2.58. The van der Waals surface area contributed by atoms with Gasteiger partial charge in [0.25, 0.3) is 5.91 Å². The van der Waals surface area contributed by atoms with E-state index in [9.17, 15) is 9.59 Å². The minimum Gasteiger partial charge on any atom is -0.475 e. The standard InChI is InChI=1S/C11H15NO5/c1-12(6-3-7-16-2)10(13)8-4-5-9(17-8)11(14)15/h4-5H,3,6-7H2,1-2H3,(H,14,15). The molecule has 6 nitrogen and oxygen atoms in total. The molecule has 0 unspecified atom stereocenters. The summed E-state index contributed by atoms with van der Waals surface area (Å²) >= 11 is 0. The largest absolute Gasteiger partial charge is 0.475 e. The number of hydrogen-bond donors (Lipinski definition) is 1. The van der Waals surface area contributed by atoms with E-state index in [0.29, 0.717) is 19.6 Å². The molecule has 0 aliphatic carbocycles. The van der Waals surface area contributed by atoms with Crippen LogP contribution in [-0.2, 0) is 4.74 Å². The van der Waals surface area contributed by atoms with Gasteiger partial charge in [0, 0.05) is 27.3 Å². The monoisotopic (exact) mass is 241 g/mol. The van der Waals surface area contributed by atoms with Crippen molar-refractivity contribution in [2.75, 3.05) is 27.3 Å². The molecule has 0 aliphatic heterocycles. The highest BCUT2D eigenvalue weighted by atomic mass is 16.5. The second-order valence-corrected chi connectivity index (χ2v) is 3.54. The Bertz CT molecular complexity index is 398. The summed E-state index contributed by atoms with van der Waals surface area (Å²) in [5, 5.41) is 8.66. The molecule has 0 aromatic carbocycles. The fraction of sp³-hybridized carbons (Fsp3) is 0.455. The first-order valence-corrected chi connectivity index (χ1v) is 5.13. The number of hydrogen-bond acceptors (Lipinski definition) is 4. The Labute approximate surface area is 98.8 Å². The predicted molar refractivity (Wildman–Crippen MR) is 59.1 cm³/mol. The van der Waals surface area contributed by atoms with Crippen LogP contribution in [0, 0.1) is 0 Å². The van der Waals surface area contributed by atoms with Crippen molar-refractivity contribution in [2.45, 2.75) is 6.42 Å². The predicted octanol–water partition coefficient (Wildman–Crippen LogP) is 1.09. The number of ether oxygens (including phenoxy) is 1. The minimum absolute atomic E-state index is 0.0299. The number of carbonyl (C=O) groups is 2. The van der Waals surface area contributed by atoms with Crippen LogP contribution in [0.2, 0.25) is 0 Å². The second kappa shape index (κ2) is 6.05. The Morgan fingerprint density at radius 1 is 1.41 bits per heavy atom. The second-order valence-electron chi connectivity index (χ2n) is 3.54. The van der Waals surface area contributed by atoms with Crippen molar-refractivity contribution in [3.8, 4) is 0 Å². The van der Waals surface area contributed by atoms with Crippen molar-refractivity contribution < 1.29 is 23.8 Å². The fourth-order valence-corrected chi connectivity index (χ4v) is 1.30. The van der Waals surface area contributed by atoms with Gasteiger partial charge in [-0.2, -0.15) is 0 Å². The highest BCUT2D eigenvalue weighted by Crippen LogP contribution is 2.10. The molecule has 17 heavy (non-hydrogen) atoms. The molecule has 1 amide bonds. The van der Waals surface area contributed by atoms with Gasteiger partial charge in [-0.3, -0.25) is 4.79 Å². The Morgan fingerprint density at radius 2 is 2.06 bits per heavy atom. The van der Waals surface area contributed by atoms with E-state index in [-0.39, 0.29) is 17.4 Å². The molecule has 0 radical (unpaired) electrons. The van der Waals surface area contributed by atoms with Gasteiger partial charge in [-0.25, -0.2) is 4.79 Å². The van der Waals surface area contributed by atoms with Crippen LogP contribution in [-0.4, -0.2) is 49.2 Å². The third-order valence-electron chi connectivity index (χ3n) is 2.22. The first-order chi connectivity index (χ1) is 8.06. The number of rotatable bonds is 6. The molecule has 0 saturated carbocycles. The highest BCUT2D eigenvalue weighted by molar-refractivity contribution is 5.93. The molecule has 0 spiro atoms. The summed E-state index contributed by atoms with van der Waals surface area (Å²) in [6.07, 6.45) is 0.714. The molecule has 1 rings (SSSR count). The average Bonchev–Trinajstić information content (AvgIpc) is 2.77. The number of aromatic carboxylic acids is 1. The Kier molecular flexibility index (Phi) is 4.71. The van der Waals surface area contributed by atoms with Gasteiger partial charge >= 0.3 is 5.97 Å². The molecule has 94 valence electrons. The van der Waals surface area contributed by atoms with Gasteiger partial charge in [-0.15, -0.1) is 0 Å². The number of methoxy groups -OCH3 is 1. The summed E-state index contributed by atoms with van der Waals surface area (Å²) in [6.45, 7) is 1.09. The summed E-state index contributed by atoms with van der Waals surface area (Å²) in [5.41, 5.74) is 0. The van der Waals surface area contributed by atoms with E-state index in [1.165, 1.54) is 17.0 Å². The van der Waals surface area contributed by atoms with Gasteiger partial charge < -0.3 is 19.2 Å². The lowest BCUT2D eigenvalue weighted by Crippen LogP contribution is -2.28. The quantitative estimate of drug-likeness (QED) is 0.754. The fourth-order valence-electron chi connectivity index (χ4n) is 1.30. The van der Waals surface area contributed by atoms with E-state index >= 15 is 0 Å². The zero-order valence-electron chi connectivity index (χ0n) is 9.80. The molecule has 0 atom stereocenters. The van der Waals surface area contributed by atoms with Gasteiger partial charge in [0.05, 0.1) is 0 Å². The minimum atomic E-state index is -1.19. The molecule has 1 aromatic heterocycles. The summed E-state index contributed by atoms with van der Waals surface area (Å²) in [4.78, 5) is 23.8. The maximum absolute atomic E-state index is 11.8. The smallest absolute Gasteiger partial charge is 0.371 e. The summed E-state index contributed by atoms with van der Waals surface area (Å²) in [5.74, 6) is -1.74. The van der Waals surface area contributed by atoms with Crippen LogP contribution >= 0.6 is 0 Å². The zero-order valence-corrected chi connectivity index (χ0v) is 9.80. The van der Waals surface area contributed by atoms with E-state index in [0.717, 1.165) is 0 Å². The maximum Gasteiger partial charge on any atom is 0.371 e. The highest BCUT2D eigenvalue weighted by Gasteiger charge is 2.17. The van der Waals surface area contributed by atoms with E-state index in [4.69, 9.17) is 14.3 Å². The van der Waals surface area contributed by atoms with Gasteiger partial charge in [0.15, 0.2) is 5.76 Å². The molecular weight excluding hydrogens is 226 g/mol. The first kappa shape index (κ1) is 13.2. The molecule has 1 N–H and O–H groups in total. The first-order valence-electron chi connectivity index (χ1n) is 5.13. The van der Waals surface area contributed by atoms with Crippen LogP contribution in [0.4, 0.5) is 0 Å². The van der Waals surface area contributed by atoms with E-state index in [1.807, 2.05) is 0 Å². The lowest BCUT2D eigenvalue weighted by molar-refractivity contribution is 0.0652. The van der Waals surface area contributed by atoms with E-state index < -0.39 is 5.97 Å². The van der Waals surface area contributed by atoms with Gasteiger partial charge in [0.1, 0.15) is 0 Å². The van der Waals surface area contributed by atoms with Crippen molar-refractivity contribution in [2.24, 2.45) is 0 Å². The number of carboxylic acid groups (broad SMARTS) is 1. The SMILES string of the molecule is COCCCN(C)C(=O)c1ccc(C(=O)O)o1. The molecule has 0 fully saturated rings. The summed E-state index contributed by atoms with van der Waals surface area (Å²) in [7, 11) is 3.22. The lowest BCUT2D eigenvalue weighted by atomic mass is 10.3. The van der Waals surface area contributed by atoms with E-state index in [2.05, 4.69) is 0 Å². The lowest BCUT2D eigenvalue weighted by Gasteiger charge is -2.14. The average molecular weight is 241 g/mol. The van der Waals surface area contributed by atoms with Crippen LogP contribution in [0.25, 0.3) is 0 Å². The van der Waals surface area contributed by atoms with E-state index in [1.54, 1.807) is 14.2 Å². The normalized spacial score (nSPS) is 10.2. The Morgan fingerprint density at radius 3 is 2.59 bits per heavy atom. The zero-order chi connectivity index (χ0) is 12.8. The molecule has 1 aromatic rings. The molecule has 0 bridgehead atoms. The van der Waals surface area contributed by atoms with Crippen LogP contribution in [0.1, 0.15) is 27.5 Å². The molecule has 0 aliphatic rings. The van der Waals surface area contributed by atoms with Gasteiger partial charge in [-0.1, -0.05) is 0 Å². The van der Waals surface area contributed by atoms with Crippen LogP contribution < -0.4 is 0 Å². The number of furan rings is 1. The molecule has 1 heterocycles. The third-order valence-corrected chi connectivity index (χ3v) is 2.22. The molecule has 6 heteroatoms. The van der Waals surface area contributed by atoms with Crippen molar-refractivity contribution in [1.29, 1.82) is 0 Å². The summed E-state index contributed by atoms with van der Waals surface area (Å²) in [6, 6.07) is 2.62. The number of amides is 1. The van der Waals surface area contributed by atoms with Crippen LogP contribution in [0.5, 0.6) is 0 Å².